The topological polar surface area (TPSA) is 63.7 Å². The van der Waals surface area contributed by atoms with E-state index in [0.29, 0.717) is 26.3 Å². The highest BCUT2D eigenvalue weighted by Gasteiger charge is 2.41. The minimum absolute atomic E-state index is 0.340. The Labute approximate surface area is 90.3 Å². The van der Waals surface area contributed by atoms with Crippen LogP contribution < -0.4 is 0 Å². The fraction of sp³-hybridized carbons (Fsp3) is 0.889. The molecule has 0 aromatic rings. The molecule has 1 heterocycles. The number of carbonyl (C=O) groups is 1. The number of hydrogen-bond donors (Lipinski definition) is 0. The summed E-state index contributed by atoms with van der Waals surface area (Å²) >= 11 is 0. The molecule has 0 aliphatic carbocycles. The van der Waals surface area contributed by atoms with Crippen molar-refractivity contribution >= 4 is 15.7 Å². The van der Waals surface area contributed by atoms with E-state index < -0.39 is 14.6 Å². The third-order valence-corrected chi connectivity index (χ3v) is 4.77. The van der Waals surface area contributed by atoms with Gasteiger partial charge in [-0.2, -0.15) is 0 Å². The molecular formula is C9H17NO4S. The van der Waals surface area contributed by atoms with Crippen LogP contribution in [-0.2, 0) is 19.4 Å². The van der Waals surface area contributed by atoms with Crippen LogP contribution in [0.3, 0.4) is 0 Å². The van der Waals surface area contributed by atoms with Crippen LogP contribution in [0.2, 0.25) is 0 Å². The van der Waals surface area contributed by atoms with Gasteiger partial charge in [-0.3, -0.25) is 4.79 Å². The van der Waals surface area contributed by atoms with Gasteiger partial charge in [0.25, 0.3) is 0 Å². The molecule has 5 nitrogen and oxygen atoms in total. The quantitative estimate of drug-likeness (QED) is 0.657. The van der Waals surface area contributed by atoms with Crippen molar-refractivity contribution < 1.29 is 17.9 Å². The van der Waals surface area contributed by atoms with Crippen LogP contribution in [0.4, 0.5) is 0 Å². The molecule has 1 fully saturated rings. The van der Waals surface area contributed by atoms with Gasteiger partial charge in [-0.15, -0.1) is 0 Å². The molecular weight excluding hydrogens is 218 g/mol. The third kappa shape index (κ3) is 2.49. The van der Waals surface area contributed by atoms with Crippen LogP contribution in [-0.4, -0.2) is 56.5 Å². The zero-order valence-electron chi connectivity index (χ0n) is 9.32. The summed E-state index contributed by atoms with van der Waals surface area (Å²) in [6.45, 7) is 4.78. The molecule has 0 unspecified atom stereocenters. The number of carbonyl (C=O) groups excluding carboxylic acids is 1. The Morgan fingerprint density at radius 3 is 2.13 bits per heavy atom. The van der Waals surface area contributed by atoms with Gasteiger partial charge in [0, 0.05) is 19.3 Å². The molecule has 0 aromatic heterocycles. The Balaban J connectivity index is 2.83. The minimum Gasteiger partial charge on any atom is -0.378 e. The summed E-state index contributed by atoms with van der Waals surface area (Å²) < 4.78 is 26.7. The molecule has 1 saturated heterocycles. The van der Waals surface area contributed by atoms with Gasteiger partial charge in [-0.1, -0.05) is 0 Å². The molecule has 0 saturated carbocycles. The number of nitrogens with zero attached hydrogens (tertiary/aromatic N) is 1. The van der Waals surface area contributed by atoms with Gasteiger partial charge in [-0.05, 0) is 13.8 Å². The van der Waals surface area contributed by atoms with E-state index in [2.05, 4.69) is 0 Å². The first kappa shape index (κ1) is 12.4. The predicted octanol–water partition coefficient (Wildman–Crippen LogP) is -0.332. The molecule has 88 valence electrons. The average molecular weight is 235 g/mol. The van der Waals surface area contributed by atoms with Crippen molar-refractivity contribution in [1.29, 1.82) is 0 Å². The lowest BCUT2D eigenvalue weighted by molar-refractivity contribution is -0.137. The number of sulfone groups is 1. The lowest BCUT2D eigenvalue weighted by atomic mass is 10.1. The summed E-state index contributed by atoms with van der Waals surface area (Å²) in [5, 5.41) is 0. The van der Waals surface area contributed by atoms with Gasteiger partial charge in [-0.25, -0.2) is 8.42 Å². The van der Waals surface area contributed by atoms with Gasteiger partial charge in [0.2, 0.25) is 5.91 Å². The van der Waals surface area contributed by atoms with E-state index in [1.54, 1.807) is 4.90 Å². The van der Waals surface area contributed by atoms with E-state index in [4.69, 9.17) is 4.74 Å². The van der Waals surface area contributed by atoms with E-state index in [1.807, 2.05) is 0 Å². The summed E-state index contributed by atoms with van der Waals surface area (Å²) in [6, 6.07) is 0. The molecule has 0 aromatic carbocycles. The highest BCUT2D eigenvalue weighted by molar-refractivity contribution is 7.92. The van der Waals surface area contributed by atoms with E-state index >= 15 is 0 Å². The first-order valence-electron chi connectivity index (χ1n) is 4.83. The molecule has 1 rings (SSSR count). The second kappa shape index (κ2) is 4.09. The number of morpholine rings is 1. The fourth-order valence-electron chi connectivity index (χ4n) is 1.31. The molecule has 1 aliphatic rings. The number of ether oxygens (including phenoxy) is 1. The second-order valence-electron chi connectivity index (χ2n) is 4.19. The second-order valence-corrected chi connectivity index (χ2v) is 6.75. The zero-order valence-corrected chi connectivity index (χ0v) is 10.1. The smallest absolute Gasteiger partial charge is 0.243 e. The highest BCUT2D eigenvalue weighted by atomic mass is 32.2. The van der Waals surface area contributed by atoms with Crippen LogP contribution >= 0.6 is 0 Å². The van der Waals surface area contributed by atoms with Gasteiger partial charge >= 0.3 is 0 Å². The van der Waals surface area contributed by atoms with E-state index in [1.165, 1.54) is 13.8 Å². The maximum Gasteiger partial charge on any atom is 0.243 e. The zero-order chi connectivity index (χ0) is 11.7. The number of rotatable bonds is 2. The van der Waals surface area contributed by atoms with Crippen LogP contribution in [0.1, 0.15) is 13.8 Å². The first-order valence-corrected chi connectivity index (χ1v) is 6.72. The summed E-state index contributed by atoms with van der Waals surface area (Å²) in [4.78, 5) is 13.5. The van der Waals surface area contributed by atoms with Gasteiger partial charge in [0.1, 0.15) is 4.75 Å². The third-order valence-electron chi connectivity index (χ3n) is 2.74. The van der Waals surface area contributed by atoms with Crippen LogP contribution in [0.15, 0.2) is 0 Å². The normalized spacial score (nSPS) is 19.0. The van der Waals surface area contributed by atoms with Crippen molar-refractivity contribution in [2.75, 3.05) is 32.6 Å². The number of amides is 1. The van der Waals surface area contributed by atoms with Crippen LogP contribution in [0.25, 0.3) is 0 Å². The van der Waals surface area contributed by atoms with E-state index in [9.17, 15) is 13.2 Å². The van der Waals surface area contributed by atoms with E-state index in [-0.39, 0.29) is 5.91 Å². The maximum absolute atomic E-state index is 12.0. The Hall–Kier alpha value is -0.620. The standard InChI is InChI=1S/C9H17NO4S/c1-9(2,15(3,12)13)8(11)10-4-6-14-7-5-10/h4-7H2,1-3H3. The summed E-state index contributed by atoms with van der Waals surface area (Å²) in [6.07, 6.45) is 1.09. The summed E-state index contributed by atoms with van der Waals surface area (Å²) in [5.41, 5.74) is 0. The molecule has 0 atom stereocenters. The minimum atomic E-state index is -3.38. The molecule has 0 spiro atoms. The molecule has 0 bridgehead atoms. The van der Waals surface area contributed by atoms with Crippen molar-refractivity contribution in [3.8, 4) is 0 Å². The highest BCUT2D eigenvalue weighted by Crippen LogP contribution is 2.19. The Kier molecular flexibility index (Phi) is 3.40. The number of hydrogen-bond acceptors (Lipinski definition) is 4. The van der Waals surface area contributed by atoms with Gasteiger partial charge < -0.3 is 9.64 Å². The van der Waals surface area contributed by atoms with Gasteiger partial charge in [0.05, 0.1) is 13.2 Å². The Morgan fingerprint density at radius 1 is 1.27 bits per heavy atom. The largest absolute Gasteiger partial charge is 0.378 e. The van der Waals surface area contributed by atoms with Crippen molar-refractivity contribution in [2.24, 2.45) is 0 Å². The van der Waals surface area contributed by atoms with Crippen molar-refractivity contribution in [3.63, 3.8) is 0 Å². The Morgan fingerprint density at radius 2 is 1.73 bits per heavy atom. The van der Waals surface area contributed by atoms with Crippen molar-refractivity contribution in [2.45, 2.75) is 18.6 Å². The van der Waals surface area contributed by atoms with Crippen molar-refractivity contribution in [3.05, 3.63) is 0 Å². The monoisotopic (exact) mass is 235 g/mol. The fourth-order valence-corrected chi connectivity index (χ4v) is 1.75. The average Bonchev–Trinajstić information content (AvgIpc) is 2.16. The molecule has 15 heavy (non-hydrogen) atoms. The molecule has 1 aliphatic heterocycles. The maximum atomic E-state index is 12.0. The SMILES string of the molecule is CC(C)(C(=O)N1CCOCC1)S(C)(=O)=O. The van der Waals surface area contributed by atoms with E-state index in [0.717, 1.165) is 6.26 Å². The first-order chi connectivity index (χ1) is 6.77. The molecule has 6 heteroatoms. The van der Waals surface area contributed by atoms with Crippen LogP contribution in [0.5, 0.6) is 0 Å². The summed E-state index contributed by atoms with van der Waals surface area (Å²) in [5.74, 6) is -0.340. The van der Waals surface area contributed by atoms with Crippen LogP contribution in [0, 0.1) is 0 Å². The lowest BCUT2D eigenvalue weighted by Gasteiger charge is -2.33. The Bertz CT molecular complexity index is 341. The molecule has 1 amide bonds. The molecule has 0 N–H and O–H groups in total. The predicted molar refractivity (Wildman–Crippen MR) is 56.3 cm³/mol. The lowest BCUT2D eigenvalue weighted by Crippen LogP contribution is -2.52. The van der Waals surface area contributed by atoms with Gasteiger partial charge in [0.15, 0.2) is 9.84 Å². The molecule has 0 radical (unpaired) electrons. The summed E-state index contributed by atoms with van der Waals surface area (Å²) in [7, 11) is -3.38. The van der Waals surface area contributed by atoms with Crippen molar-refractivity contribution in [1.82, 2.24) is 4.90 Å².